The van der Waals surface area contributed by atoms with Crippen LogP contribution in [0.25, 0.3) is 0 Å². The van der Waals surface area contributed by atoms with Crippen molar-refractivity contribution >= 4 is 5.96 Å². The molecule has 0 unspecified atom stereocenters. The molecule has 1 aromatic rings. The minimum atomic E-state index is 0.547. The smallest absolute Gasteiger partial charge is 0.208 e. The van der Waals surface area contributed by atoms with Crippen LogP contribution in [0.2, 0.25) is 0 Å². The second-order valence-electron chi connectivity index (χ2n) is 5.14. The van der Waals surface area contributed by atoms with Crippen LogP contribution in [-0.2, 0) is 13.0 Å². The molecular formula is C14H22N4. The number of aliphatic imine (C=N–C) groups is 1. The first kappa shape index (κ1) is 12.9. The molecule has 0 fully saturated rings. The van der Waals surface area contributed by atoms with E-state index in [0.717, 1.165) is 32.0 Å². The van der Waals surface area contributed by atoms with Gasteiger partial charge in [-0.2, -0.15) is 0 Å². The summed E-state index contributed by atoms with van der Waals surface area (Å²) >= 11 is 0. The molecule has 0 saturated carbocycles. The molecule has 1 aromatic carbocycles. The van der Waals surface area contributed by atoms with Crippen LogP contribution in [0.4, 0.5) is 0 Å². The molecule has 1 heterocycles. The van der Waals surface area contributed by atoms with Crippen molar-refractivity contribution < 1.29 is 0 Å². The Morgan fingerprint density at radius 2 is 2.11 bits per heavy atom. The summed E-state index contributed by atoms with van der Waals surface area (Å²) in [6, 6.07) is 8.57. The van der Waals surface area contributed by atoms with Crippen LogP contribution in [0.15, 0.2) is 29.3 Å². The first-order valence-electron chi connectivity index (χ1n) is 6.53. The molecule has 2 rings (SSSR count). The SMILES string of the molecule is CC(C)CN=C(NN)N1CCc2ccccc2C1. The number of nitrogens with two attached hydrogens (primary N) is 1. The Morgan fingerprint density at radius 1 is 1.39 bits per heavy atom. The molecule has 1 aliphatic rings. The van der Waals surface area contributed by atoms with Crippen LogP contribution in [-0.4, -0.2) is 23.9 Å². The highest BCUT2D eigenvalue weighted by molar-refractivity contribution is 5.79. The van der Waals surface area contributed by atoms with Crippen LogP contribution in [0.3, 0.4) is 0 Å². The molecule has 0 amide bonds. The third kappa shape index (κ3) is 3.01. The summed E-state index contributed by atoms with van der Waals surface area (Å²) < 4.78 is 0. The van der Waals surface area contributed by atoms with Crippen molar-refractivity contribution in [1.29, 1.82) is 0 Å². The van der Waals surface area contributed by atoms with E-state index in [1.165, 1.54) is 11.1 Å². The third-order valence-electron chi connectivity index (χ3n) is 3.17. The molecule has 0 radical (unpaired) electrons. The highest BCUT2D eigenvalue weighted by atomic mass is 15.4. The maximum Gasteiger partial charge on any atom is 0.208 e. The monoisotopic (exact) mass is 246 g/mol. The Balaban J connectivity index is 2.09. The van der Waals surface area contributed by atoms with Gasteiger partial charge < -0.3 is 4.90 Å². The van der Waals surface area contributed by atoms with E-state index in [2.05, 4.69) is 53.4 Å². The van der Waals surface area contributed by atoms with Crippen LogP contribution in [0, 0.1) is 5.92 Å². The number of hydrazine groups is 1. The summed E-state index contributed by atoms with van der Waals surface area (Å²) in [6.07, 6.45) is 1.05. The van der Waals surface area contributed by atoms with Gasteiger partial charge in [-0.3, -0.25) is 10.4 Å². The standard InChI is InChI=1S/C14H22N4/c1-11(2)9-16-14(17-15)18-8-7-12-5-3-4-6-13(12)10-18/h3-6,11H,7-10,15H2,1-2H3,(H,16,17). The lowest BCUT2D eigenvalue weighted by atomic mass is 10.0. The average Bonchev–Trinajstić information content (AvgIpc) is 2.39. The Bertz CT molecular complexity index is 426. The summed E-state index contributed by atoms with van der Waals surface area (Å²) in [6.45, 7) is 6.97. The molecular weight excluding hydrogens is 224 g/mol. The number of benzene rings is 1. The Labute approximate surface area is 109 Å². The Morgan fingerprint density at radius 3 is 2.78 bits per heavy atom. The van der Waals surface area contributed by atoms with E-state index in [4.69, 9.17) is 5.84 Å². The predicted octanol–water partition coefficient (Wildman–Crippen LogP) is 1.52. The van der Waals surface area contributed by atoms with Gasteiger partial charge in [-0.1, -0.05) is 38.1 Å². The fourth-order valence-corrected chi connectivity index (χ4v) is 2.18. The molecule has 0 atom stereocenters. The average molecular weight is 246 g/mol. The first-order chi connectivity index (χ1) is 8.70. The van der Waals surface area contributed by atoms with Crippen molar-refractivity contribution in [3.63, 3.8) is 0 Å². The molecule has 3 N–H and O–H groups in total. The van der Waals surface area contributed by atoms with Crippen molar-refractivity contribution in [2.75, 3.05) is 13.1 Å². The van der Waals surface area contributed by atoms with E-state index in [0.29, 0.717) is 5.92 Å². The number of hydrogen-bond donors (Lipinski definition) is 2. The second-order valence-corrected chi connectivity index (χ2v) is 5.14. The van der Waals surface area contributed by atoms with Crippen LogP contribution in [0.5, 0.6) is 0 Å². The minimum Gasteiger partial charge on any atom is -0.337 e. The van der Waals surface area contributed by atoms with Crippen LogP contribution < -0.4 is 11.3 Å². The van der Waals surface area contributed by atoms with Gasteiger partial charge in [-0.15, -0.1) is 0 Å². The highest BCUT2D eigenvalue weighted by Gasteiger charge is 2.18. The molecule has 18 heavy (non-hydrogen) atoms. The van der Waals surface area contributed by atoms with E-state index in [-0.39, 0.29) is 0 Å². The van der Waals surface area contributed by atoms with Gasteiger partial charge in [-0.05, 0) is 23.5 Å². The number of fused-ring (bicyclic) bond motifs is 1. The lowest BCUT2D eigenvalue weighted by Gasteiger charge is -2.31. The van der Waals surface area contributed by atoms with E-state index in [1.807, 2.05) is 0 Å². The summed E-state index contributed by atoms with van der Waals surface area (Å²) in [5, 5.41) is 0. The predicted molar refractivity (Wildman–Crippen MR) is 75.0 cm³/mol. The number of nitrogens with one attached hydrogen (secondary N) is 1. The summed E-state index contributed by atoms with van der Waals surface area (Å²) in [7, 11) is 0. The lowest BCUT2D eigenvalue weighted by molar-refractivity contribution is 0.377. The largest absolute Gasteiger partial charge is 0.337 e. The number of nitrogens with zero attached hydrogens (tertiary/aromatic N) is 2. The van der Waals surface area contributed by atoms with Crippen molar-refractivity contribution in [2.24, 2.45) is 16.8 Å². The maximum absolute atomic E-state index is 5.59. The molecule has 4 heteroatoms. The number of guanidine groups is 1. The fraction of sp³-hybridized carbons (Fsp3) is 0.500. The zero-order valence-corrected chi connectivity index (χ0v) is 11.2. The quantitative estimate of drug-likeness (QED) is 0.360. The van der Waals surface area contributed by atoms with Gasteiger partial charge in [0.1, 0.15) is 0 Å². The fourth-order valence-electron chi connectivity index (χ4n) is 2.18. The van der Waals surface area contributed by atoms with Crippen LogP contribution in [0.1, 0.15) is 25.0 Å². The second kappa shape index (κ2) is 5.87. The van der Waals surface area contributed by atoms with E-state index in [1.54, 1.807) is 0 Å². The van der Waals surface area contributed by atoms with Gasteiger partial charge in [0.25, 0.3) is 0 Å². The van der Waals surface area contributed by atoms with Crippen molar-refractivity contribution in [3.05, 3.63) is 35.4 Å². The van der Waals surface area contributed by atoms with Gasteiger partial charge in [0.05, 0.1) is 0 Å². The minimum absolute atomic E-state index is 0.547. The zero-order chi connectivity index (χ0) is 13.0. The van der Waals surface area contributed by atoms with Gasteiger partial charge in [0.2, 0.25) is 5.96 Å². The maximum atomic E-state index is 5.59. The number of hydrogen-bond acceptors (Lipinski definition) is 2. The first-order valence-corrected chi connectivity index (χ1v) is 6.53. The summed E-state index contributed by atoms with van der Waals surface area (Å²) in [5.74, 6) is 6.94. The van der Waals surface area contributed by atoms with Gasteiger partial charge in [-0.25, -0.2) is 5.84 Å². The number of rotatable bonds is 2. The zero-order valence-electron chi connectivity index (χ0n) is 11.2. The van der Waals surface area contributed by atoms with Crippen molar-refractivity contribution in [2.45, 2.75) is 26.8 Å². The molecule has 0 aromatic heterocycles. The Kier molecular flexibility index (Phi) is 4.20. The Hall–Kier alpha value is -1.55. The molecule has 4 nitrogen and oxygen atoms in total. The van der Waals surface area contributed by atoms with E-state index >= 15 is 0 Å². The van der Waals surface area contributed by atoms with Gasteiger partial charge in [0, 0.05) is 19.6 Å². The summed E-state index contributed by atoms with van der Waals surface area (Å²) in [5.41, 5.74) is 5.54. The normalized spacial score (nSPS) is 15.8. The van der Waals surface area contributed by atoms with Crippen molar-refractivity contribution in [3.8, 4) is 0 Å². The molecule has 0 spiro atoms. The molecule has 0 aliphatic carbocycles. The van der Waals surface area contributed by atoms with Gasteiger partial charge in [0.15, 0.2) is 0 Å². The molecule has 0 saturated heterocycles. The molecule has 0 bridgehead atoms. The van der Waals surface area contributed by atoms with E-state index in [9.17, 15) is 0 Å². The molecule has 1 aliphatic heterocycles. The molecule has 98 valence electrons. The summed E-state index contributed by atoms with van der Waals surface area (Å²) in [4.78, 5) is 6.76. The topological polar surface area (TPSA) is 53.6 Å². The van der Waals surface area contributed by atoms with Crippen molar-refractivity contribution in [1.82, 2.24) is 10.3 Å². The van der Waals surface area contributed by atoms with Crippen LogP contribution >= 0.6 is 0 Å². The van der Waals surface area contributed by atoms with Gasteiger partial charge >= 0.3 is 0 Å². The highest BCUT2D eigenvalue weighted by Crippen LogP contribution is 2.18. The third-order valence-corrected chi connectivity index (χ3v) is 3.17. The van der Waals surface area contributed by atoms with E-state index < -0.39 is 0 Å². The lowest BCUT2D eigenvalue weighted by Crippen LogP contribution is -2.47.